The largest absolute Gasteiger partial charge is 0.342 e. The Morgan fingerprint density at radius 1 is 1.48 bits per heavy atom. The first kappa shape index (κ1) is 16.1. The first-order valence-corrected chi connectivity index (χ1v) is 9.05. The first-order chi connectivity index (χ1) is 11.2. The Morgan fingerprint density at radius 2 is 2.35 bits per heavy atom. The topological polar surface area (TPSA) is 72.1 Å². The number of likely N-dealkylation sites (tertiary alicyclic amines) is 1. The lowest BCUT2D eigenvalue weighted by atomic mass is 9.97. The van der Waals surface area contributed by atoms with Crippen LogP contribution < -0.4 is 0 Å². The van der Waals surface area contributed by atoms with Crippen molar-refractivity contribution in [1.29, 1.82) is 0 Å². The van der Waals surface area contributed by atoms with E-state index in [1.54, 1.807) is 11.3 Å². The molecule has 0 N–H and O–H groups in total. The Hall–Kier alpha value is -1.76. The van der Waals surface area contributed by atoms with Crippen molar-refractivity contribution in [3.8, 4) is 0 Å². The Morgan fingerprint density at radius 3 is 3.09 bits per heavy atom. The Labute approximate surface area is 139 Å². The standard InChI is InChI=1S/C16H22N4O2S/c1-3-5-15(21)20-7-4-6-12(9-20)16-18-14(19-22-16)8-13-10-23-11(2)17-13/h10,12H,3-9H2,1-2H3/t12-/m1/s1. The zero-order chi connectivity index (χ0) is 16.2. The van der Waals surface area contributed by atoms with Crippen molar-refractivity contribution in [3.05, 3.63) is 27.8 Å². The van der Waals surface area contributed by atoms with Crippen LogP contribution in [0.5, 0.6) is 0 Å². The monoisotopic (exact) mass is 334 g/mol. The minimum Gasteiger partial charge on any atom is -0.342 e. The van der Waals surface area contributed by atoms with Crippen molar-refractivity contribution in [2.75, 3.05) is 13.1 Å². The van der Waals surface area contributed by atoms with E-state index in [1.807, 2.05) is 24.1 Å². The molecule has 0 aliphatic carbocycles. The number of hydrogen-bond donors (Lipinski definition) is 0. The summed E-state index contributed by atoms with van der Waals surface area (Å²) in [6.07, 6.45) is 4.08. The molecule has 1 aliphatic heterocycles. The summed E-state index contributed by atoms with van der Waals surface area (Å²) in [5.41, 5.74) is 0.975. The maximum absolute atomic E-state index is 12.1. The molecule has 6 nitrogen and oxygen atoms in total. The zero-order valence-electron chi connectivity index (χ0n) is 13.6. The highest BCUT2D eigenvalue weighted by molar-refractivity contribution is 7.09. The van der Waals surface area contributed by atoms with Gasteiger partial charge in [-0.3, -0.25) is 4.79 Å². The van der Waals surface area contributed by atoms with Crippen molar-refractivity contribution in [1.82, 2.24) is 20.0 Å². The molecule has 1 saturated heterocycles. The van der Waals surface area contributed by atoms with Gasteiger partial charge in [-0.15, -0.1) is 11.3 Å². The molecule has 1 aliphatic rings. The molecular formula is C16H22N4O2S. The molecule has 0 unspecified atom stereocenters. The molecule has 7 heteroatoms. The van der Waals surface area contributed by atoms with E-state index in [-0.39, 0.29) is 11.8 Å². The molecule has 23 heavy (non-hydrogen) atoms. The van der Waals surface area contributed by atoms with Crippen LogP contribution >= 0.6 is 11.3 Å². The summed E-state index contributed by atoms with van der Waals surface area (Å²) in [6, 6.07) is 0. The summed E-state index contributed by atoms with van der Waals surface area (Å²) in [7, 11) is 0. The number of aryl methyl sites for hydroxylation is 1. The smallest absolute Gasteiger partial charge is 0.231 e. The normalized spacial score (nSPS) is 18.3. The van der Waals surface area contributed by atoms with Gasteiger partial charge in [0.1, 0.15) is 0 Å². The van der Waals surface area contributed by atoms with Crippen LogP contribution in [0.25, 0.3) is 0 Å². The first-order valence-electron chi connectivity index (χ1n) is 8.17. The highest BCUT2D eigenvalue weighted by atomic mass is 32.1. The molecule has 0 bridgehead atoms. The zero-order valence-corrected chi connectivity index (χ0v) is 14.4. The van der Waals surface area contributed by atoms with E-state index in [2.05, 4.69) is 15.1 Å². The van der Waals surface area contributed by atoms with Crippen molar-refractivity contribution in [2.24, 2.45) is 0 Å². The van der Waals surface area contributed by atoms with Crippen molar-refractivity contribution >= 4 is 17.2 Å². The second-order valence-electron chi connectivity index (χ2n) is 6.01. The molecule has 3 rings (SSSR count). The number of piperidine rings is 1. The van der Waals surface area contributed by atoms with Crippen LogP contribution in [0.4, 0.5) is 0 Å². The van der Waals surface area contributed by atoms with E-state index in [0.29, 0.717) is 31.1 Å². The highest BCUT2D eigenvalue weighted by Crippen LogP contribution is 2.26. The molecule has 0 aromatic carbocycles. The molecule has 1 amide bonds. The molecule has 2 aromatic heterocycles. The summed E-state index contributed by atoms with van der Waals surface area (Å²) in [5, 5.41) is 7.14. The Balaban J connectivity index is 1.64. The van der Waals surface area contributed by atoms with E-state index in [1.165, 1.54) is 0 Å². The number of aromatic nitrogens is 3. The molecule has 124 valence electrons. The molecule has 3 heterocycles. The van der Waals surface area contributed by atoms with Crippen LogP contribution in [0.3, 0.4) is 0 Å². The summed E-state index contributed by atoms with van der Waals surface area (Å²) in [5.74, 6) is 1.71. The molecule has 0 spiro atoms. The molecular weight excluding hydrogens is 312 g/mol. The van der Waals surface area contributed by atoms with Crippen LogP contribution in [-0.2, 0) is 11.2 Å². The predicted molar refractivity (Wildman–Crippen MR) is 87.4 cm³/mol. The summed E-state index contributed by atoms with van der Waals surface area (Å²) >= 11 is 1.63. The average Bonchev–Trinajstić information content (AvgIpc) is 3.17. The third-order valence-electron chi connectivity index (χ3n) is 4.08. The molecule has 0 saturated carbocycles. The second kappa shape index (κ2) is 7.21. The molecule has 1 fully saturated rings. The number of thiazole rings is 1. The van der Waals surface area contributed by atoms with Crippen molar-refractivity contribution in [3.63, 3.8) is 0 Å². The maximum Gasteiger partial charge on any atom is 0.231 e. The fourth-order valence-electron chi connectivity index (χ4n) is 2.93. The van der Waals surface area contributed by atoms with Crippen LogP contribution in [0, 0.1) is 6.92 Å². The fraction of sp³-hybridized carbons (Fsp3) is 0.625. The highest BCUT2D eigenvalue weighted by Gasteiger charge is 2.28. The number of nitrogens with zero attached hydrogens (tertiary/aromatic N) is 4. The third kappa shape index (κ3) is 3.96. The maximum atomic E-state index is 12.1. The van der Waals surface area contributed by atoms with Crippen molar-refractivity contribution < 1.29 is 9.32 Å². The van der Waals surface area contributed by atoms with Gasteiger partial charge in [-0.05, 0) is 26.2 Å². The second-order valence-corrected chi connectivity index (χ2v) is 7.07. The van der Waals surface area contributed by atoms with Gasteiger partial charge >= 0.3 is 0 Å². The Bertz CT molecular complexity index is 667. The summed E-state index contributed by atoms with van der Waals surface area (Å²) < 4.78 is 5.45. The summed E-state index contributed by atoms with van der Waals surface area (Å²) in [4.78, 5) is 23.0. The van der Waals surface area contributed by atoms with Gasteiger partial charge in [-0.2, -0.15) is 4.98 Å². The van der Waals surface area contributed by atoms with Gasteiger partial charge in [-0.1, -0.05) is 12.1 Å². The number of rotatable bonds is 5. The molecule has 0 radical (unpaired) electrons. The van der Waals surface area contributed by atoms with Gasteiger partial charge in [0.25, 0.3) is 0 Å². The van der Waals surface area contributed by atoms with E-state index < -0.39 is 0 Å². The predicted octanol–water partition coefficient (Wildman–Crippen LogP) is 2.93. The van der Waals surface area contributed by atoms with E-state index in [4.69, 9.17) is 4.52 Å². The summed E-state index contributed by atoms with van der Waals surface area (Å²) in [6.45, 7) is 5.55. The van der Waals surface area contributed by atoms with Gasteiger partial charge in [0.05, 0.1) is 23.0 Å². The van der Waals surface area contributed by atoms with Gasteiger partial charge in [0, 0.05) is 24.9 Å². The lowest BCUT2D eigenvalue weighted by molar-refractivity contribution is -0.132. The number of amides is 1. The Kier molecular flexibility index (Phi) is 5.05. The minimum absolute atomic E-state index is 0.156. The fourth-order valence-corrected chi connectivity index (χ4v) is 3.55. The third-order valence-corrected chi connectivity index (χ3v) is 4.90. The van der Waals surface area contributed by atoms with E-state index in [9.17, 15) is 4.79 Å². The molecule has 2 aromatic rings. The average molecular weight is 334 g/mol. The van der Waals surface area contributed by atoms with Gasteiger partial charge in [0.15, 0.2) is 5.82 Å². The number of hydrogen-bond acceptors (Lipinski definition) is 6. The number of carbonyl (C=O) groups is 1. The van der Waals surface area contributed by atoms with Crippen LogP contribution in [-0.4, -0.2) is 39.0 Å². The number of carbonyl (C=O) groups excluding carboxylic acids is 1. The van der Waals surface area contributed by atoms with Gasteiger partial charge < -0.3 is 9.42 Å². The lowest BCUT2D eigenvalue weighted by Crippen LogP contribution is -2.39. The van der Waals surface area contributed by atoms with E-state index >= 15 is 0 Å². The minimum atomic E-state index is 0.156. The quantitative estimate of drug-likeness (QED) is 0.840. The van der Waals surface area contributed by atoms with Gasteiger partial charge in [-0.25, -0.2) is 4.98 Å². The lowest BCUT2D eigenvalue weighted by Gasteiger charge is -2.31. The SMILES string of the molecule is CCCC(=O)N1CCC[C@@H](c2nc(Cc3csc(C)n3)no2)C1. The van der Waals surface area contributed by atoms with Crippen LogP contribution in [0.1, 0.15) is 60.9 Å². The van der Waals surface area contributed by atoms with E-state index in [0.717, 1.165) is 36.5 Å². The van der Waals surface area contributed by atoms with Crippen molar-refractivity contribution in [2.45, 2.75) is 51.9 Å². The van der Waals surface area contributed by atoms with Crippen LogP contribution in [0.15, 0.2) is 9.90 Å². The molecule has 1 atom stereocenters. The van der Waals surface area contributed by atoms with Gasteiger partial charge in [0.2, 0.25) is 11.8 Å². The van der Waals surface area contributed by atoms with Crippen LogP contribution in [0.2, 0.25) is 0 Å².